The second kappa shape index (κ2) is 14.3. The summed E-state index contributed by atoms with van der Waals surface area (Å²) >= 11 is 13.3. The number of fused-ring (bicyclic) bond motifs is 3. The lowest BCUT2D eigenvalue weighted by molar-refractivity contribution is -0.0733. The van der Waals surface area contributed by atoms with Crippen LogP contribution in [0.2, 0.25) is 10.0 Å². The Bertz CT molecular complexity index is 1800. The van der Waals surface area contributed by atoms with Gasteiger partial charge in [-0.05, 0) is 37.1 Å². The van der Waals surface area contributed by atoms with Crippen LogP contribution in [0.1, 0.15) is 39.1 Å². The Kier molecular flexibility index (Phi) is 10.0. The number of aliphatic hydroxyl groups is 1. The summed E-state index contributed by atoms with van der Waals surface area (Å²) in [6.45, 7) is 0.858. The molecule has 10 nitrogen and oxygen atoms in total. The second-order valence-electron chi connectivity index (χ2n) is 13.3. The number of anilines is 2. The van der Waals surface area contributed by atoms with Crippen LogP contribution in [0, 0.1) is 5.82 Å². The first-order chi connectivity index (χ1) is 24.5. The van der Waals surface area contributed by atoms with Crippen molar-refractivity contribution in [2.75, 3.05) is 76.2 Å². The Morgan fingerprint density at radius 3 is 2.33 bits per heavy atom. The van der Waals surface area contributed by atoms with Gasteiger partial charge in [-0.15, -0.1) is 0 Å². The molecule has 1 amide bonds. The van der Waals surface area contributed by atoms with Gasteiger partial charge >= 0.3 is 5.97 Å². The van der Waals surface area contributed by atoms with E-state index in [9.17, 15) is 18.4 Å². The van der Waals surface area contributed by atoms with Gasteiger partial charge in [-0.3, -0.25) is 9.69 Å². The molecule has 0 aliphatic carbocycles. The number of nitrogens with zero attached hydrogens (tertiary/aromatic N) is 4. The summed E-state index contributed by atoms with van der Waals surface area (Å²) < 4.78 is 60.1. The van der Waals surface area contributed by atoms with Gasteiger partial charge in [-0.25, -0.2) is 18.0 Å². The van der Waals surface area contributed by atoms with Gasteiger partial charge in [-0.1, -0.05) is 41.4 Å². The van der Waals surface area contributed by atoms with Gasteiger partial charge in [0.25, 0.3) is 11.8 Å². The molecule has 0 aromatic heterocycles. The highest BCUT2D eigenvalue weighted by atomic mass is 35.5. The van der Waals surface area contributed by atoms with Crippen LogP contribution in [0.25, 0.3) is 11.1 Å². The van der Waals surface area contributed by atoms with Crippen molar-refractivity contribution in [3.63, 3.8) is 0 Å². The third-order valence-corrected chi connectivity index (χ3v) is 10.7. The minimum Gasteiger partial charge on any atom is -0.472 e. The molecule has 15 heteroatoms. The van der Waals surface area contributed by atoms with Crippen molar-refractivity contribution in [2.45, 2.75) is 37.4 Å². The Morgan fingerprint density at radius 1 is 1.00 bits per heavy atom. The highest BCUT2D eigenvalue weighted by Gasteiger charge is 2.40. The lowest BCUT2D eigenvalue weighted by atomic mass is 9.96. The lowest BCUT2D eigenvalue weighted by Crippen LogP contribution is -2.50. The number of morpholine rings is 1. The molecule has 272 valence electrons. The largest absolute Gasteiger partial charge is 0.472 e. The van der Waals surface area contributed by atoms with Crippen molar-refractivity contribution in [1.29, 1.82) is 0 Å². The number of aliphatic hydroxyl groups excluding tert-OH is 1. The van der Waals surface area contributed by atoms with Crippen LogP contribution in [-0.2, 0) is 16.0 Å². The number of halogens is 5. The van der Waals surface area contributed by atoms with Crippen molar-refractivity contribution in [3.05, 3.63) is 75.0 Å². The fourth-order valence-corrected chi connectivity index (χ4v) is 8.18. The molecule has 3 aromatic carbocycles. The van der Waals surface area contributed by atoms with Gasteiger partial charge in [0.2, 0.25) is 0 Å². The van der Waals surface area contributed by atoms with Gasteiger partial charge in [0.1, 0.15) is 18.2 Å². The summed E-state index contributed by atoms with van der Waals surface area (Å²) in [5.41, 5.74) is 2.86. The molecule has 51 heavy (non-hydrogen) atoms. The van der Waals surface area contributed by atoms with E-state index in [4.69, 9.17) is 42.5 Å². The Balaban J connectivity index is 1.11. The zero-order valence-corrected chi connectivity index (χ0v) is 29.4. The van der Waals surface area contributed by atoms with Crippen molar-refractivity contribution in [2.24, 2.45) is 0 Å². The average molecular weight is 750 g/mol. The van der Waals surface area contributed by atoms with Gasteiger partial charge in [0.05, 0.1) is 72.4 Å². The molecule has 2 unspecified atom stereocenters. The number of amides is 1. The van der Waals surface area contributed by atoms with Crippen LogP contribution in [0.4, 0.5) is 24.5 Å². The summed E-state index contributed by atoms with van der Waals surface area (Å²) in [5.74, 6) is -4.45. The average Bonchev–Trinajstić information content (AvgIpc) is 3.37. The van der Waals surface area contributed by atoms with E-state index in [2.05, 4.69) is 4.90 Å². The van der Waals surface area contributed by atoms with E-state index in [1.54, 1.807) is 41.3 Å². The summed E-state index contributed by atoms with van der Waals surface area (Å²) in [6, 6.07) is 11.6. The molecule has 3 saturated heterocycles. The topological polar surface area (TPSA) is 95.0 Å². The normalized spacial score (nSPS) is 20.6. The molecule has 4 heterocycles. The van der Waals surface area contributed by atoms with Crippen LogP contribution in [0.5, 0.6) is 5.75 Å². The van der Waals surface area contributed by atoms with Gasteiger partial charge in [0, 0.05) is 48.6 Å². The van der Waals surface area contributed by atoms with Crippen LogP contribution < -0.4 is 14.5 Å². The fraction of sp³-hybridized carbons (Fsp3) is 0.444. The van der Waals surface area contributed by atoms with E-state index in [1.165, 1.54) is 18.1 Å². The zero-order valence-electron chi connectivity index (χ0n) is 27.8. The van der Waals surface area contributed by atoms with E-state index >= 15 is 4.39 Å². The van der Waals surface area contributed by atoms with E-state index in [0.29, 0.717) is 67.6 Å². The molecule has 4 aliphatic heterocycles. The van der Waals surface area contributed by atoms with E-state index < -0.39 is 36.8 Å². The quantitative estimate of drug-likeness (QED) is 0.292. The predicted molar refractivity (Wildman–Crippen MR) is 186 cm³/mol. The number of esters is 1. The third kappa shape index (κ3) is 6.94. The van der Waals surface area contributed by atoms with Crippen LogP contribution in [0.3, 0.4) is 0 Å². The van der Waals surface area contributed by atoms with E-state index in [0.717, 1.165) is 12.8 Å². The first kappa shape index (κ1) is 35.6. The maximum Gasteiger partial charge on any atom is 0.340 e. The zero-order chi connectivity index (χ0) is 36.0. The predicted octanol–water partition coefficient (Wildman–Crippen LogP) is 5.70. The first-order valence-corrected chi connectivity index (χ1v) is 17.5. The maximum absolute atomic E-state index is 15.9. The van der Waals surface area contributed by atoms with Crippen molar-refractivity contribution < 1.29 is 42.1 Å². The Hall–Kier alpha value is -3.75. The summed E-state index contributed by atoms with van der Waals surface area (Å²) in [5, 5.41) is 9.18. The molecule has 1 N–H and O–H groups in total. The number of benzene rings is 3. The number of alkyl halides is 2. The lowest BCUT2D eigenvalue weighted by Gasteiger charge is -2.38. The van der Waals surface area contributed by atoms with E-state index in [1.807, 2.05) is 4.90 Å². The van der Waals surface area contributed by atoms with Crippen LogP contribution in [-0.4, -0.2) is 111 Å². The number of methoxy groups -OCH3 is 1. The van der Waals surface area contributed by atoms with Gasteiger partial charge in [-0.2, -0.15) is 0 Å². The molecule has 0 radical (unpaired) electrons. The SMILES string of the molecule is COC(=O)c1cc(F)c(-c2cccc3c2OCN(C(=O)c2c(Cl)cc(N4CCN(CC(F)(F)CO)CC4)cc2Cl)C3)cc1N1C2CCC1COC2. The van der Waals surface area contributed by atoms with Crippen molar-refractivity contribution in [1.82, 2.24) is 9.80 Å². The second-order valence-corrected chi connectivity index (χ2v) is 14.1. The number of carbonyl (C=O) groups is 2. The highest BCUT2D eigenvalue weighted by molar-refractivity contribution is 6.40. The molecule has 2 atom stereocenters. The monoisotopic (exact) mass is 748 g/mol. The Morgan fingerprint density at radius 2 is 1.69 bits per heavy atom. The van der Waals surface area contributed by atoms with Gasteiger partial charge < -0.3 is 34.0 Å². The number of ether oxygens (including phenoxy) is 3. The summed E-state index contributed by atoms with van der Waals surface area (Å²) in [6.07, 6.45) is 1.80. The fourth-order valence-electron chi connectivity index (χ4n) is 7.54. The molecular weight excluding hydrogens is 712 g/mol. The molecule has 3 aromatic rings. The number of hydrogen-bond acceptors (Lipinski definition) is 9. The first-order valence-electron chi connectivity index (χ1n) is 16.7. The third-order valence-electron chi connectivity index (χ3n) is 10.1. The van der Waals surface area contributed by atoms with Crippen molar-refractivity contribution in [3.8, 4) is 16.9 Å². The molecule has 2 bridgehead atoms. The number of carbonyl (C=O) groups excluding carboxylic acids is 2. The minimum atomic E-state index is -3.17. The number of hydrogen-bond donors (Lipinski definition) is 1. The standard InChI is InChI=1S/C36H37Cl2F3N4O6/c1-49-35(48)27-13-30(39)26(14-31(27)45-22-5-6-23(45)17-50-16-22)25-4-2-3-21-15-44(20-51-33(21)25)34(47)32-28(37)11-24(12-29(32)38)43-9-7-42(8-10-43)18-36(40,41)19-46/h2-4,11-14,22-23,46H,5-10,15-20H2,1H3. The van der Waals surface area contributed by atoms with Crippen molar-refractivity contribution >= 4 is 46.5 Å². The molecule has 0 spiro atoms. The molecule has 0 saturated carbocycles. The van der Waals surface area contributed by atoms with E-state index in [-0.39, 0.29) is 52.1 Å². The highest BCUT2D eigenvalue weighted by Crippen LogP contribution is 2.43. The molecular formula is C36H37Cl2F3N4O6. The smallest absolute Gasteiger partial charge is 0.340 e. The van der Waals surface area contributed by atoms with Gasteiger partial charge in [0.15, 0.2) is 6.73 Å². The number of piperazine rings is 1. The number of rotatable bonds is 8. The minimum absolute atomic E-state index is 0.0575. The Labute approximate surface area is 303 Å². The van der Waals surface area contributed by atoms with Crippen LogP contribution >= 0.6 is 23.2 Å². The molecule has 4 aliphatic rings. The molecule has 3 fully saturated rings. The number of para-hydroxylation sites is 1. The summed E-state index contributed by atoms with van der Waals surface area (Å²) in [4.78, 5) is 33.8. The molecule has 7 rings (SSSR count). The summed E-state index contributed by atoms with van der Waals surface area (Å²) in [7, 11) is 1.27. The maximum atomic E-state index is 15.9. The van der Waals surface area contributed by atoms with Crippen LogP contribution in [0.15, 0.2) is 42.5 Å².